The molecule has 3 rings (SSSR count). The molecule has 0 saturated heterocycles. The van der Waals surface area contributed by atoms with E-state index in [-0.39, 0.29) is 11.8 Å². The zero-order chi connectivity index (χ0) is 19.2. The van der Waals surface area contributed by atoms with Crippen molar-refractivity contribution >= 4 is 34.6 Å². The van der Waals surface area contributed by atoms with Crippen LogP contribution >= 0.6 is 0 Å². The third kappa shape index (κ3) is 4.52. The minimum absolute atomic E-state index is 0.159. The van der Waals surface area contributed by atoms with Crippen LogP contribution in [0.25, 0.3) is 0 Å². The molecule has 0 fully saturated rings. The summed E-state index contributed by atoms with van der Waals surface area (Å²) in [6.45, 7) is 1.45. The Kier molecular flexibility index (Phi) is 5.52. The molecule has 27 heavy (non-hydrogen) atoms. The Morgan fingerprint density at radius 1 is 0.778 bits per heavy atom. The average molecular weight is 359 g/mol. The van der Waals surface area contributed by atoms with E-state index in [1.54, 1.807) is 30.3 Å². The van der Waals surface area contributed by atoms with Gasteiger partial charge in [0.15, 0.2) is 0 Å². The maximum absolute atomic E-state index is 12.9. The van der Waals surface area contributed by atoms with Crippen molar-refractivity contribution in [2.45, 2.75) is 6.92 Å². The molecule has 2 amide bonds. The van der Waals surface area contributed by atoms with Gasteiger partial charge in [-0.2, -0.15) is 0 Å². The van der Waals surface area contributed by atoms with E-state index in [1.807, 2.05) is 60.5 Å². The molecule has 0 aliphatic heterocycles. The lowest BCUT2D eigenvalue weighted by molar-refractivity contribution is -0.114. The lowest BCUT2D eigenvalue weighted by Crippen LogP contribution is -2.18. The van der Waals surface area contributed by atoms with Crippen molar-refractivity contribution in [1.82, 2.24) is 0 Å². The standard InChI is InChI=1S/C22H21N3O2/c1-16(26)23-17-9-8-10-18(15-17)24-22(27)20-13-6-7-14-21(20)25(2)19-11-4-3-5-12-19/h3-15H,1-2H3,(H,23,26)(H,24,27). The first-order valence-electron chi connectivity index (χ1n) is 8.61. The van der Waals surface area contributed by atoms with Gasteiger partial charge in [0.1, 0.15) is 0 Å². The largest absolute Gasteiger partial charge is 0.344 e. The Morgan fingerprint density at radius 2 is 1.41 bits per heavy atom. The van der Waals surface area contributed by atoms with E-state index < -0.39 is 0 Å². The van der Waals surface area contributed by atoms with Crippen molar-refractivity contribution in [3.05, 3.63) is 84.4 Å². The van der Waals surface area contributed by atoms with Crippen molar-refractivity contribution < 1.29 is 9.59 Å². The maximum atomic E-state index is 12.9. The van der Waals surface area contributed by atoms with E-state index in [9.17, 15) is 9.59 Å². The zero-order valence-electron chi connectivity index (χ0n) is 15.3. The fraction of sp³-hybridized carbons (Fsp3) is 0.0909. The van der Waals surface area contributed by atoms with Crippen LogP contribution in [0.15, 0.2) is 78.9 Å². The molecular weight excluding hydrogens is 338 g/mol. The fourth-order valence-corrected chi connectivity index (χ4v) is 2.83. The fourth-order valence-electron chi connectivity index (χ4n) is 2.83. The van der Waals surface area contributed by atoms with Crippen LogP contribution in [-0.2, 0) is 4.79 Å². The van der Waals surface area contributed by atoms with Gasteiger partial charge in [-0.15, -0.1) is 0 Å². The van der Waals surface area contributed by atoms with Crippen molar-refractivity contribution in [3.8, 4) is 0 Å². The highest BCUT2D eigenvalue weighted by Crippen LogP contribution is 2.27. The molecule has 0 bridgehead atoms. The SMILES string of the molecule is CC(=O)Nc1cccc(NC(=O)c2ccccc2N(C)c2ccccc2)c1. The second kappa shape index (κ2) is 8.19. The molecule has 0 saturated carbocycles. The predicted octanol–water partition coefficient (Wildman–Crippen LogP) is 4.67. The van der Waals surface area contributed by atoms with Crippen LogP contribution in [0, 0.1) is 0 Å². The molecule has 0 atom stereocenters. The summed E-state index contributed by atoms with van der Waals surface area (Å²) in [5, 5.41) is 5.61. The molecule has 5 nitrogen and oxygen atoms in total. The molecule has 3 aromatic rings. The second-order valence-corrected chi connectivity index (χ2v) is 6.13. The number of hydrogen-bond acceptors (Lipinski definition) is 3. The van der Waals surface area contributed by atoms with Crippen molar-refractivity contribution in [2.24, 2.45) is 0 Å². The van der Waals surface area contributed by atoms with Crippen LogP contribution in [0.1, 0.15) is 17.3 Å². The number of carbonyl (C=O) groups is 2. The minimum atomic E-state index is -0.214. The average Bonchev–Trinajstić information content (AvgIpc) is 2.68. The summed E-state index contributed by atoms with van der Waals surface area (Å²) in [5.74, 6) is -0.373. The molecule has 0 aromatic heterocycles. The van der Waals surface area contributed by atoms with Gasteiger partial charge in [0.25, 0.3) is 5.91 Å². The molecule has 5 heteroatoms. The summed E-state index contributed by atoms with van der Waals surface area (Å²) in [7, 11) is 1.93. The Balaban J connectivity index is 1.85. The number of nitrogens with one attached hydrogen (secondary N) is 2. The van der Waals surface area contributed by atoms with Crippen molar-refractivity contribution in [1.29, 1.82) is 0 Å². The van der Waals surface area contributed by atoms with E-state index in [4.69, 9.17) is 0 Å². The van der Waals surface area contributed by atoms with Crippen molar-refractivity contribution in [3.63, 3.8) is 0 Å². The van der Waals surface area contributed by atoms with Gasteiger partial charge in [-0.05, 0) is 42.5 Å². The number of carbonyl (C=O) groups excluding carboxylic acids is 2. The quantitative estimate of drug-likeness (QED) is 0.696. The summed E-state index contributed by atoms with van der Waals surface area (Å²) in [6, 6.07) is 24.4. The van der Waals surface area contributed by atoms with Crippen LogP contribution < -0.4 is 15.5 Å². The van der Waals surface area contributed by atoms with E-state index in [0.717, 1.165) is 11.4 Å². The summed E-state index contributed by atoms with van der Waals surface area (Å²) < 4.78 is 0. The third-order valence-corrected chi connectivity index (χ3v) is 4.09. The summed E-state index contributed by atoms with van der Waals surface area (Å²) in [5.41, 5.74) is 3.61. The predicted molar refractivity (Wildman–Crippen MR) is 110 cm³/mol. The van der Waals surface area contributed by atoms with Gasteiger partial charge in [-0.1, -0.05) is 36.4 Å². The van der Waals surface area contributed by atoms with Gasteiger partial charge in [-0.25, -0.2) is 0 Å². The van der Waals surface area contributed by atoms with Crippen LogP contribution in [0.2, 0.25) is 0 Å². The number of benzene rings is 3. The summed E-state index contributed by atoms with van der Waals surface area (Å²) >= 11 is 0. The lowest BCUT2D eigenvalue weighted by atomic mass is 10.1. The van der Waals surface area contributed by atoms with E-state index in [1.165, 1.54) is 6.92 Å². The van der Waals surface area contributed by atoms with Gasteiger partial charge in [-0.3, -0.25) is 9.59 Å². The molecule has 0 unspecified atom stereocenters. The first-order valence-corrected chi connectivity index (χ1v) is 8.61. The van der Waals surface area contributed by atoms with Crippen LogP contribution in [0.3, 0.4) is 0 Å². The number of hydrogen-bond donors (Lipinski definition) is 2. The highest BCUT2D eigenvalue weighted by molar-refractivity contribution is 6.08. The molecular formula is C22H21N3O2. The topological polar surface area (TPSA) is 61.4 Å². The minimum Gasteiger partial charge on any atom is -0.344 e. The monoisotopic (exact) mass is 359 g/mol. The normalized spacial score (nSPS) is 10.1. The van der Waals surface area contributed by atoms with Gasteiger partial charge >= 0.3 is 0 Å². The molecule has 0 aliphatic rings. The number of nitrogens with zero attached hydrogens (tertiary/aromatic N) is 1. The van der Waals surface area contributed by atoms with Gasteiger partial charge in [0.2, 0.25) is 5.91 Å². The Hall–Kier alpha value is -3.60. The molecule has 0 radical (unpaired) electrons. The number of anilines is 4. The molecule has 0 spiro atoms. The first kappa shape index (κ1) is 18.2. The molecule has 3 aromatic carbocycles. The van der Waals surface area contributed by atoms with E-state index >= 15 is 0 Å². The van der Waals surface area contributed by atoms with Gasteiger partial charge in [0, 0.05) is 31.0 Å². The van der Waals surface area contributed by atoms with E-state index in [0.29, 0.717) is 16.9 Å². The van der Waals surface area contributed by atoms with Crippen LogP contribution in [0.4, 0.5) is 22.7 Å². The molecule has 0 heterocycles. The summed E-state index contributed by atoms with van der Waals surface area (Å²) in [4.78, 5) is 26.1. The first-order chi connectivity index (χ1) is 13.0. The zero-order valence-corrected chi connectivity index (χ0v) is 15.3. The molecule has 0 aliphatic carbocycles. The Labute approximate surface area is 158 Å². The Bertz CT molecular complexity index is 955. The van der Waals surface area contributed by atoms with E-state index in [2.05, 4.69) is 10.6 Å². The van der Waals surface area contributed by atoms with Crippen molar-refractivity contribution in [2.75, 3.05) is 22.6 Å². The van der Waals surface area contributed by atoms with Gasteiger partial charge < -0.3 is 15.5 Å². The van der Waals surface area contributed by atoms with Crippen LogP contribution in [-0.4, -0.2) is 18.9 Å². The third-order valence-electron chi connectivity index (χ3n) is 4.09. The highest BCUT2D eigenvalue weighted by Gasteiger charge is 2.15. The maximum Gasteiger partial charge on any atom is 0.257 e. The smallest absolute Gasteiger partial charge is 0.257 e. The Morgan fingerprint density at radius 3 is 2.11 bits per heavy atom. The lowest BCUT2D eigenvalue weighted by Gasteiger charge is -2.22. The molecule has 136 valence electrons. The summed E-state index contributed by atoms with van der Waals surface area (Å²) in [6.07, 6.45) is 0. The second-order valence-electron chi connectivity index (χ2n) is 6.13. The van der Waals surface area contributed by atoms with Gasteiger partial charge in [0.05, 0.1) is 11.3 Å². The number of rotatable bonds is 5. The number of amides is 2. The number of para-hydroxylation sites is 2. The molecule has 2 N–H and O–H groups in total. The van der Waals surface area contributed by atoms with Crippen LogP contribution in [0.5, 0.6) is 0 Å². The highest BCUT2D eigenvalue weighted by atomic mass is 16.2.